The van der Waals surface area contributed by atoms with Gasteiger partial charge in [0.2, 0.25) is 5.89 Å². The van der Waals surface area contributed by atoms with Crippen LogP contribution in [0, 0.1) is 13.8 Å². The number of nitrogens with one attached hydrogen (secondary N) is 1. The van der Waals surface area contributed by atoms with Crippen molar-refractivity contribution in [1.82, 2.24) is 10.2 Å². The van der Waals surface area contributed by atoms with E-state index in [2.05, 4.69) is 31.4 Å². The number of anilines is 1. The van der Waals surface area contributed by atoms with Crippen LogP contribution in [0.2, 0.25) is 0 Å². The molecule has 5 nitrogen and oxygen atoms in total. The van der Waals surface area contributed by atoms with Crippen molar-refractivity contribution in [2.75, 3.05) is 11.6 Å². The van der Waals surface area contributed by atoms with E-state index in [0.29, 0.717) is 11.5 Å². The van der Waals surface area contributed by atoms with Crippen LogP contribution in [0.4, 0.5) is 6.01 Å². The predicted octanol–water partition coefficient (Wildman–Crippen LogP) is 3.42. The van der Waals surface area contributed by atoms with Gasteiger partial charge in [-0.25, -0.2) is 0 Å². The van der Waals surface area contributed by atoms with Gasteiger partial charge in [0.05, 0.1) is 5.56 Å². The van der Waals surface area contributed by atoms with Gasteiger partial charge in [0.1, 0.15) is 0 Å². The Morgan fingerprint density at radius 1 is 1.37 bits per heavy atom. The van der Waals surface area contributed by atoms with Crippen LogP contribution in [0.3, 0.4) is 0 Å². The Morgan fingerprint density at radius 2 is 2.11 bits per heavy atom. The molecule has 19 heavy (non-hydrogen) atoms. The quantitative estimate of drug-likeness (QED) is 0.866. The van der Waals surface area contributed by atoms with Gasteiger partial charge in [0.25, 0.3) is 5.91 Å². The second-order valence-electron chi connectivity index (χ2n) is 3.86. The molecule has 1 amide bonds. The van der Waals surface area contributed by atoms with E-state index in [1.165, 1.54) is 0 Å². The SMILES string of the molecule is CSc1c(C)ccc(C(=O)Nc2nnc(C)o2)c1Br. The predicted molar refractivity (Wildman–Crippen MR) is 77.6 cm³/mol. The molecular weight excluding hydrogens is 330 g/mol. The molecule has 1 heterocycles. The van der Waals surface area contributed by atoms with E-state index in [1.807, 2.05) is 19.2 Å². The molecule has 0 unspecified atom stereocenters. The minimum absolute atomic E-state index is 0.0978. The summed E-state index contributed by atoms with van der Waals surface area (Å²) >= 11 is 5.05. The van der Waals surface area contributed by atoms with Crippen LogP contribution in [0.25, 0.3) is 0 Å². The molecular formula is C12H12BrN3O2S. The minimum atomic E-state index is -0.286. The highest BCUT2D eigenvalue weighted by atomic mass is 79.9. The van der Waals surface area contributed by atoms with Crippen LogP contribution >= 0.6 is 27.7 Å². The number of aromatic nitrogens is 2. The number of carbonyl (C=O) groups is 1. The number of thioether (sulfide) groups is 1. The fourth-order valence-corrected chi connectivity index (χ4v) is 3.38. The Morgan fingerprint density at radius 3 is 2.68 bits per heavy atom. The van der Waals surface area contributed by atoms with Crippen molar-refractivity contribution in [2.45, 2.75) is 18.7 Å². The molecule has 0 fully saturated rings. The smallest absolute Gasteiger partial charge is 0.322 e. The summed E-state index contributed by atoms with van der Waals surface area (Å²) in [4.78, 5) is 13.2. The number of nitrogens with zero attached hydrogens (tertiary/aromatic N) is 2. The van der Waals surface area contributed by atoms with Crippen molar-refractivity contribution in [2.24, 2.45) is 0 Å². The van der Waals surface area contributed by atoms with Crippen LogP contribution in [-0.4, -0.2) is 22.4 Å². The molecule has 0 aliphatic rings. The summed E-state index contributed by atoms with van der Waals surface area (Å²) in [7, 11) is 0. The minimum Gasteiger partial charge on any atom is -0.408 e. The van der Waals surface area contributed by atoms with Crippen molar-refractivity contribution in [3.05, 3.63) is 33.6 Å². The number of hydrogen-bond donors (Lipinski definition) is 1. The first-order chi connectivity index (χ1) is 9.02. The summed E-state index contributed by atoms with van der Waals surface area (Å²) in [5.41, 5.74) is 1.65. The highest BCUT2D eigenvalue weighted by Crippen LogP contribution is 2.32. The summed E-state index contributed by atoms with van der Waals surface area (Å²) in [6, 6.07) is 3.77. The average molecular weight is 342 g/mol. The number of amides is 1. The molecule has 1 aromatic heterocycles. The van der Waals surface area contributed by atoms with Gasteiger partial charge in [-0.05, 0) is 40.7 Å². The van der Waals surface area contributed by atoms with E-state index in [1.54, 1.807) is 24.8 Å². The Hall–Kier alpha value is -1.34. The molecule has 0 atom stereocenters. The van der Waals surface area contributed by atoms with Crippen LogP contribution in [-0.2, 0) is 0 Å². The maximum atomic E-state index is 12.1. The van der Waals surface area contributed by atoms with Gasteiger partial charge in [0.15, 0.2) is 0 Å². The average Bonchev–Trinajstić information content (AvgIpc) is 2.75. The second kappa shape index (κ2) is 5.75. The highest BCUT2D eigenvalue weighted by molar-refractivity contribution is 9.10. The first-order valence-corrected chi connectivity index (χ1v) is 7.49. The van der Waals surface area contributed by atoms with Gasteiger partial charge >= 0.3 is 6.01 Å². The molecule has 2 aromatic rings. The topological polar surface area (TPSA) is 68.0 Å². The largest absolute Gasteiger partial charge is 0.408 e. The van der Waals surface area contributed by atoms with Crippen LogP contribution in [0.15, 0.2) is 25.9 Å². The van der Waals surface area contributed by atoms with Gasteiger partial charge in [-0.15, -0.1) is 16.9 Å². The molecule has 2 rings (SSSR count). The van der Waals surface area contributed by atoms with E-state index >= 15 is 0 Å². The number of aryl methyl sites for hydroxylation is 2. The Balaban J connectivity index is 2.29. The lowest BCUT2D eigenvalue weighted by molar-refractivity contribution is 0.102. The number of halogens is 1. The zero-order chi connectivity index (χ0) is 14.0. The van der Waals surface area contributed by atoms with Crippen LogP contribution in [0.1, 0.15) is 21.8 Å². The Bertz CT molecular complexity index is 627. The molecule has 0 aliphatic heterocycles. The lowest BCUT2D eigenvalue weighted by Crippen LogP contribution is -2.13. The zero-order valence-electron chi connectivity index (χ0n) is 10.7. The number of carbonyl (C=O) groups excluding carboxylic acids is 1. The van der Waals surface area contributed by atoms with E-state index in [0.717, 1.165) is 14.9 Å². The van der Waals surface area contributed by atoms with Gasteiger partial charge < -0.3 is 4.42 Å². The van der Waals surface area contributed by atoms with Crippen molar-refractivity contribution in [3.63, 3.8) is 0 Å². The molecule has 1 aromatic carbocycles. The molecule has 0 radical (unpaired) electrons. The third kappa shape index (κ3) is 2.98. The molecule has 0 bridgehead atoms. The molecule has 1 N–H and O–H groups in total. The van der Waals surface area contributed by atoms with Gasteiger partial charge in [-0.3, -0.25) is 10.1 Å². The summed E-state index contributed by atoms with van der Waals surface area (Å²) < 4.78 is 5.89. The molecule has 0 saturated heterocycles. The summed E-state index contributed by atoms with van der Waals surface area (Å²) in [6.07, 6.45) is 1.97. The van der Waals surface area contributed by atoms with E-state index < -0.39 is 0 Å². The summed E-state index contributed by atoms with van der Waals surface area (Å²) in [6.45, 7) is 3.66. The third-order valence-electron chi connectivity index (χ3n) is 2.49. The van der Waals surface area contributed by atoms with Crippen molar-refractivity contribution in [3.8, 4) is 0 Å². The Labute approximate surface area is 123 Å². The van der Waals surface area contributed by atoms with Gasteiger partial charge in [-0.2, -0.15) is 0 Å². The monoisotopic (exact) mass is 341 g/mol. The third-order valence-corrected chi connectivity index (χ3v) is 4.51. The molecule has 0 spiro atoms. The van der Waals surface area contributed by atoms with Crippen LogP contribution < -0.4 is 5.32 Å². The summed E-state index contributed by atoms with van der Waals surface area (Å²) in [5.74, 6) is 0.119. The molecule has 100 valence electrons. The fourth-order valence-electron chi connectivity index (χ4n) is 1.59. The van der Waals surface area contributed by atoms with Gasteiger partial charge in [0, 0.05) is 16.3 Å². The van der Waals surface area contributed by atoms with Crippen molar-refractivity contribution < 1.29 is 9.21 Å². The van der Waals surface area contributed by atoms with E-state index in [9.17, 15) is 4.79 Å². The molecule has 0 aliphatic carbocycles. The number of hydrogen-bond acceptors (Lipinski definition) is 5. The van der Waals surface area contributed by atoms with E-state index in [4.69, 9.17) is 4.42 Å². The first-order valence-electron chi connectivity index (χ1n) is 5.47. The maximum absolute atomic E-state index is 12.1. The first kappa shape index (κ1) is 14.1. The van der Waals surface area contributed by atoms with Crippen LogP contribution in [0.5, 0.6) is 0 Å². The summed E-state index contributed by atoms with van der Waals surface area (Å²) in [5, 5.41) is 9.96. The number of benzene rings is 1. The number of rotatable bonds is 3. The normalized spacial score (nSPS) is 10.5. The lowest BCUT2D eigenvalue weighted by Gasteiger charge is -2.10. The van der Waals surface area contributed by atoms with E-state index in [-0.39, 0.29) is 11.9 Å². The fraction of sp³-hybridized carbons (Fsp3) is 0.250. The Kier molecular flexibility index (Phi) is 4.26. The highest BCUT2D eigenvalue weighted by Gasteiger charge is 2.16. The zero-order valence-corrected chi connectivity index (χ0v) is 13.1. The standard InChI is InChI=1S/C12H12BrN3O2S/c1-6-4-5-8(9(13)10(6)19-3)11(17)14-12-16-15-7(2)18-12/h4-5H,1-3H3,(H,14,16,17). The van der Waals surface area contributed by atoms with Crippen molar-refractivity contribution in [1.29, 1.82) is 0 Å². The molecule has 7 heteroatoms. The molecule has 0 saturated carbocycles. The van der Waals surface area contributed by atoms with Crippen molar-refractivity contribution >= 4 is 39.6 Å². The van der Waals surface area contributed by atoms with Gasteiger partial charge in [-0.1, -0.05) is 11.2 Å². The maximum Gasteiger partial charge on any atom is 0.322 e. The lowest BCUT2D eigenvalue weighted by atomic mass is 10.1. The second-order valence-corrected chi connectivity index (χ2v) is 5.47.